The van der Waals surface area contributed by atoms with Crippen LogP contribution in [0.3, 0.4) is 0 Å². The predicted octanol–water partition coefficient (Wildman–Crippen LogP) is 3.64. The second-order valence-corrected chi connectivity index (χ2v) is 7.05. The Labute approximate surface area is 139 Å². The fourth-order valence-corrected chi connectivity index (χ4v) is 3.29. The molecule has 1 unspecified atom stereocenters. The van der Waals surface area contributed by atoms with Gasteiger partial charge in [-0.05, 0) is 41.4 Å². The number of rotatable bonds is 4. The first-order valence-electron chi connectivity index (χ1n) is 7.46. The molecule has 0 bridgehead atoms. The standard InChI is InChI=1S/C17H18N2O3S/c1-10(2)9-22-13-5-4-11-6-12(8-18-14(11)7-13)15-16(20)19(3)17(21)23-15/h4-8,10,15H,9H2,1-3H3. The van der Waals surface area contributed by atoms with E-state index in [4.69, 9.17) is 4.74 Å². The number of hydrogen-bond acceptors (Lipinski definition) is 5. The molecule has 2 heterocycles. The van der Waals surface area contributed by atoms with Crippen LogP contribution in [0.5, 0.6) is 5.75 Å². The molecule has 3 rings (SSSR count). The SMILES string of the molecule is CC(C)COc1ccc2cc(C3SC(=O)N(C)C3=O)cnc2c1. The van der Waals surface area contributed by atoms with Gasteiger partial charge in [0.05, 0.1) is 12.1 Å². The summed E-state index contributed by atoms with van der Waals surface area (Å²) in [5.41, 5.74) is 1.56. The molecule has 1 aliphatic rings. The van der Waals surface area contributed by atoms with Crippen LogP contribution in [-0.4, -0.2) is 34.7 Å². The number of nitrogens with zero attached hydrogens (tertiary/aromatic N) is 2. The molecule has 2 amide bonds. The van der Waals surface area contributed by atoms with Gasteiger partial charge in [-0.25, -0.2) is 0 Å². The van der Waals surface area contributed by atoms with Gasteiger partial charge in [0.1, 0.15) is 11.0 Å². The molecule has 0 spiro atoms. The molecule has 1 aromatic heterocycles. The molecule has 0 aliphatic carbocycles. The van der Waals surface area contributed by atoms with Crippen LogP contribution in [0.2, 0.25) is 0 Å². The Kier molecular flexibility index (Phi) is 4.26. The van der Waals surface area contributed by atoms with E-state index in [0.717, 1.165) is 38.9 Å². The molecule has 0 saturated carbocycles. The number of amides is 2. The lowest BCUT2D eigenvalue weighted by atomic mass is 10.1. The molecule has 120 valence electrons. The van der Waals surface area contributed by atoms with Crippen LogP contribution in [0.1, 0.15) is 24.7 Å². The molecule has 6 heteroatoms. The maximum Gasteiger partial charge on any atom is 0.289 e. The molecule has 5 nitrogen and oxygen atoms in total. The smallest absolute Gasteiger partial charge is 0.289 e. The molecule has 2 aromatic rings. The van der Waals surface area contributed by atoms with Crippen LogP contribution in [0.25, 0.3) is 10.9 Å². The second kappa shape index (κ2) is 6.20. The van der Waals surface area contributed by atoms with Crippen LogP contribution in [0.4, 0.5) is 4.79 Å². The molecular formula is C17H18N2O3S. The monoisotopic (exact) mass is 330 g/mol. The van der Waals surface area contributed by atoms with Gasteiger partial charge >= 0.3 is 0 Å². The predicted molar refractivity (Wildman–Crippen MR) is 90.6 cm³/mol. The Hall–Kier alpha value is -2.08. The summed E-state index contributed by atoms with van der Waals surface area (Å²) in [7, 11) is 1.50. The first-order chi connectivity index (χ1) is 11.0. The molecule has 0 radical (unpaired) electrons. The van der Waals surface area contributed by atoms with Crippen molar-refractivity contribution in [2.45, 2.75) is 19.1 Å². The number of likely N-dealkylation sites (N-methyl/N-ethyl adjacent to an activating group) is 1. The van der Waals surface area contributed by atoms with Gasteiger partial charge in [0.25, 0.3) is 5.24 Å². The highest BCUT2D eigenvalue weighted by Crippen LogP contribution is 2.39. The molecule has 1 atom stereocenters. The van der Waals surface area contributed by atoms with E-state index in [1.54, 1.807) is 6.20 Å². The molecular weight excluding hydrogens is 312 g/mol. The summed E-state index contributed by atoms with van der Waals surface area (Å²) in [4.78, 5) is 29.3. The Morgan fingerprint density at radius 3 is 2.74 bits per heavy atom. The van der Waals surface area contributed by atoms with E-state index < -0.39 is 5.25 Å². The topological polar surface area (TPSA) is 59.5 Å². The van der Waals surface area contributed by atoms with Gasteiger partial charge in [-0.15, -0.1) is 0 Å². The van der Waals surface area contributed by atoms with Crippen molar-refractivity contribution in [3.63, 3.8) is 0 Å². The minimum atomic E-state index is -0.499. The number of carbonyl (C=O) groups is 2. The lowest BCUT2D eigenvalue weighted by molar-refractivity contribution is -0.125. The van der Waals surface area contributed by atoms with Gasteiger partial charge < -0.3 is 4.74 Å². The quantitative estimate of drug-likeness (QED) is 0.856. The third-order valence-electron chi connectivity index (χ3n) is 3.61. The summed E-state index contributed by atoms with van der Waals surface area (Å²) in [6.07, 6.45) is 1.66. The van der Waals surface area contributed by atoms with E-state index >= 15 is 0 Å². The van der Waals surface area contributed by atoms with Crippen molar-refractivity contribution in [3.05, 3.63) is 36.0 Å². The first kappa shape index (κ1) is 15.8. The molecule has 1 aliphatic heterocycles. The summed E-state index contributed by atoms with van der Waals surface area (Å²) >= 11 is 1.03. The van der Waals surface area contributed by atoms with Crippen molar-refractivity contribution in [1.29, 1.82) is 0 Å². The lowest BCUT2D eigenvalue weighted by Gasteiger charge is -2.11. The number of carbonyl (C=O) groups excluding carboxylic acids is 2. The van der Waals surface area contributed by atoms with E-state index in [1.807, 2.05) is 24.3 Å². The number of imide groups is 1. The Morgan fingerprint density at radius 1 is 1.30 bits per heavy atom. The number of thioether (sulfide) groups is 1. The third-order valence-corrected chi connectivity index (χ3v) is 4.80. The summed E-state index contributed by atoms with van der Waals surface area (Å²) in [5.74, 6) is 1.05. The highest BCUT2D eigenvalue weighted by Gasteiger charge is 2.38. The number of benzene rings is 1. The lowest BCUT2D eigenvalue weighted by Crippen LogP contribution is -2.24. The fraction of sp³-hybridized carbons (Fsp3) is 0.353. The zero-order valence-corrected chi connectivity index (χ0v) is 14.1. The molecule has 0 N–H and O–H groups in total. The maximum absolute atomic E-state index is 12.1. The van der Waals surface area contributed by atoms with Gasteiger partial charge in [0.2, 0.25) is 5.91 Å². The molecule has 1 saturated heterocycles. The van der Waals surface area contributed by atoms with Gasteiger partial charge in [-0.1, -0.05) is 13.8 Å². The third kappa shape index (κ3) is 3.17. The van der Waals surface area contributed by atoms with Crippen molar-refractivity contribution in [2.24, 2.45) is 5.92 Å². The van der Waals surface area contributed by atoms with Crippen molar-refractivity contribution < 1.29 is 14.3 Å². The number of pyridine rings is 1. The van der Waals surface area contributed by atoms with Crippen molar-refractivity contribution in [2.75, 3.05) is 13.7 Å². The van der Waals surface area contributed by atoms with E-state index in [0.29, 0.717) is 12.5 Å². The summed E-state index contributed by atoms with van der Waals surface area (Å²) in [6, 6.07) is 7.63. The summed E-state index contributed by atoms with van der Waals surface area (Å²) in [5, 5.41) is 0.202. The van der Waals surface area contributed by atoms with Crippen LogP contribution >= 0.6 is 11.8 Å². The van der Waals surface area contributed by atoms with E-state index in [1.165, 1.54) is 7.05 Å². The number of fused-ring (bicyclic) bond motifs is 1. The number of ether oxygens (including phenoxy) is 1. The highest BCUT2D eigenvalue weighted by atomic mass is 32.2. The van der Waals surface area contributed by atoms with Crippen LogP contribution in [-0.2, 0) is 4.79 Å². The van der Waals surface area contributed by atoms with E-state index in [2.05, 4.69) is 18.8 Å². The summed E-state index contributed by atoms with van der Waals surface area (Å²) in [6.45, 7) is 4.85. The molecule has 1 fully saturated rings. The fourth-order valence-electron chi connectivity index (χ4n) is 2.32. The number of aromatic nitrogens is 1. The van der Waals surface area contributed by atoms with Gasteiger partial charge in [-0.3, -0.25) is 19.5 Å². The number of hydrogen-bond donors (Lipinski definition) is 0. The highest BCUT2D eigenvalue weighted by molar-refractivity contribution is 8.14. The van der Waals surface area contributed by atoms with Gasteiger partial charge in [0, 0.05) is 24.7 Å². The molecule has 1 aromatic carbocycles. The average Bonchev–Trinajstić information content (AvgIpc) is 2.80. The average molecular weight is 330 g/mol. The van der Waals surface area contributed by atoms with Gasteiger partial charge in [0.15, 0.2) is 0 Å². The second-order valence-electron chi connectivity index (χ2n) is 5.99. The normalized spacial score (nSPS) is 18.3. The van der Waals surface area contributed by atoms with Crippen LogP contribution in [0.15, 0.2) is 30.5 Å². The Balaban J connectivity index is 1.87. The van der Waals surface area contributed by atoms with Crippen molar-refractivity contribution in [3.8, 4) is 5.75 Å². The largest absolute Gasteiger partial charge is 0.493 e. The van der Waals surface area contributed by atoms with Gasteiger partial charge in [-0.2, -0.15) is 0 Å². The van der Waals surface area contributed by atoms with Crippen molar-refractivity contribution in [1.82, 2.24) is 9.88 Å². The van der Waals surface area contributed by atoms with Crippen molar-refractivity contribution >= 4 is 33.8 Å². The molecule has 23 heavy (non-hydrogen) atoms. The minimum absolute atomic E-state index is 0.196. The first-order valence-corrected chi connectivity index (χ1v) is 8.34. The summed E-state index contributed by atoms with van der Waals surface area (Å²) < 4.78 is 5.70. The van der Waals surface area contributed by atoms with Crippen LogP contribution < -0.4 is 4.74 Å². The zero-order valence-electron chi connectivity index (χ0n) is 13.3. The Bertz CT molecular complexity index is 776. The maximum atomic E-state index is 12.1. The Morgan fingerprint density at radius 2 is 2.09 bits per heavy atom. The van der Waals surface area contributed by atoms with Crippen LogP contribution in [0, 0.1) is 5.92 Å². The zero-order chi connectivity index (χ0) is 16.6. The minimum Gasteiger partial charge on any atom is -0.493 e. The van der Waals surface area contributed by atoms with E-state index in [-0.39, 0.29) is 11.1 Å². The van der Waals surface area contributed by atoms with E-state index in [9.17, 15) is 9.59 Å².